The van der Waals surface area contributed by atoms with E-state index in [4.69, 9.17) is 38.4 Å². The zero-order valence-corrected chi connectivity index (χ0v) is 13.3. The van der Waals surface area contributed by atoms with Crippen molar-refractivity contribution in [3.63, 3.8) is 0 Å². The summed E-state index contributed by atoms with van der Waals surface area (Å²) < 4.78 is 10.4. The van der Waals surface area contributed by atoms with Gasteiger partial charge in [0.15, 0.2) is 5.75 Å². The average Bonchev–Trinajstić information content (AvgIpc) is 2.47. The third-order valence-corrected chi connectivity index (χ3v) is 4.34. The smallest absolute Gasteiger partial charge is 0.232 e. The molecule has 7 heteroatoms. The fourth-order valence-electron chi connectivity index (χ4n) is 2.38. The van der Waals surface area contributed by atoms with Gasteiger partial charge >= 0.3 is 0 Å². The first-order valence-electron chi connectivity index (χ1n) is 6.65. The summed E-state index contributed by atoms with van der Waals surface area (Å²) in [5.74, 6) is 0.251. The third-order valence-electron chi connectivity index (χ3n) is 3.78. The van der Waals surface area contributed by atoms with Crippen LogP contribution in [0.1, 0.15) is 12.8 Å². The van der Waals surface area contributed by atoms with Gasteiger partial charge < -0.3 is 20.5 Å². The normalized spacial score (nSPS) is 17.3. The zero-order chi connectivity index (χ0) is 15.5. The number of carbonyl (C=O) groups excluding carboxylic acids is 1. The molecule has 1 aliphatic rings. The van der Waals surface area contributed by atoms with Crippen LogP contribution in [-0.2, 0) is 9.53 Å². The quantitative estimate of drug-likeness (QED) is 0.888. The van der Waals surface area contributed by atoms with Gasteiger partial charge in [-0.05, 0) is 25.0 Å². The highest BCUT2D eigenvalue weighted by atomic mass is 35.5. The van der Waals surface area contributed by atoms with E-state index in [2.05, 4.69) is 5.32 Å². The Bertz CT molecular complexity index is 508. The van der Waals surface area contributed by atoms with Crippen molar-refractivity contribution in [1.29, 1.82) is 0 Å². The maximum absolute atomic E-state index is 12.5. The van der Waals surface area contributed by atoms with E-state index in [1.807, 2.05) is 0 Å². The first-order chi connectivity index (χ1) is 10.0. The number of rotatable bonds is 4. The first kappa shape index (κ1) is 16.4. The number of anilines is 1. The molecule has 0 unspecified atom stereocenters. The molecule has 2 rings (SSSR count). The number of ether oxygens (including phenoxy) is 2. The number of halogens is 2. The van der Waals surface area contributed by atoms with E-state index in [9.17, 15) is 4.79 Å². The summed E-state index contributed by atoms with van der Waals surface area (Å²) in [5, 5.41) is 3.52. The monoisotopic (exact) mass is 332 g/mol. The molecule has 0 bridgehead atoms. The first-order valence-corrected chi connectivity index (χ1v) is 7.40. The summed E-state index contributed by atoms with van der Waals surface area (Å²) in [6.07, 6.45) is 1.21. The maximum Gasteiger partial charge on any atom is 0.232 e. The molecule has 116 valence electrons. The van der Waals surface area contributed by atoms with Gasteiger partial charge in [-0.1, -0.05) is 23.2 Å². The van der Waals surface area contributed by atoms with E-state index in [0.717, 1.165) is 0 Å². The number of methoxy groups -OCH3 is 1. The molecule has 1 fully saturated rings. The van der Waals surface area contributed by atoms with Crippen LogP contribution in [-0.4, -0.2) is 32.8 Å². The number of hydrogen-bond acceptors (Lipinski definition) is 4. The lowest BCUT2D eigenvalue weighted by Crippen LogP contribution is -2.46. The average molecular weight is 333 g/mol. The Hall–Kier alpha value is -1.01. The fraction of sp³-hybridized carbons (Fsp3) is 0.500. The Morgan fingerprint density at radius 2 is 1.95 bits per heavy atom. The summed E-state index contributed by atoms with van der Waals surface area (Å²) in [4.78, 5) is 12.5. The van der Waals surface area contributed by atoms with Gasteiger partial charge in [0.25, 0.3) is 0 Å². The van der Waals surface area contributed by atoms with E-state index in [0.29, 0.717) is 47.5 Å². The van der Waals surface area contributed by atoms with Crippen LogP contribution in [0.4, 0.5) is 5.69 Å². The van der Waals surface area contributed by atoms with E-state index in [1.165, 1.54) is 7.11 Å². The minimum absolute atomic E-state index is 0.134. The van der Waals surface area contributed by atoms with Gasteiger partial charge in [0.1, 0.15) is 0 Å². The Morgan fingerprint density at radius 1 is 1.38 bits per heavy atom. The molecule has 1 aromatic carbocycles. The minimum atomic E-state index is -0.600. The van der Waals surface area contributed by atoms with Gasteiger partial charge in [-0.15, -0.1) is 0 Å². The predicted molar refractivity (Wildman–Crippen MR) is 83.2 cm³/mol. The van der Waals surface area contributed by atoms with Crippen molar-refractivity contribution in [2.75, 3.05) is 32.2 Å². The molecule has 3 N–H and O–H groups in total. The summed E-state index contributed by atoms with van der Waals surface area (Å²) in [6.45, 7) is 1.35. The molecule has 0 aromatic heterocycles. The Balaban J connectivity index is 2.19. The molecule has 1 saturated heterocycles. The van der Waals surface area contributed by atoms with Crippen LogP contribution >= 0.6 is 23.2 Å². The van der Waals surface area contributed by atoms with Gasteiger partial charge in [-0.25, -0.2) is 0 Å². The number of benzene rings is 1. The summed E-state index contributed by atoms with van der Waals surface area (Å²) >= 11 is 12.1. The second-order valence-electron chi connectivity index (χ2n) is 5.02. The molecular formula is C14H18Cl2N2O3. The van der Waals surface area contributed by atoms with Crippen LogP contribution in [0.5, 0.6) is 5.75 Å². The van der Waals surface area contributed by atoms with Crippen molar-refractivity contribution < 1.29 is 14.3 Å². The highest BCUT2D eigenvalue weighted by Crippen LogP contribution is 2.37. The second-order valence-corrected chi connectivity index (χ2v) is 5.84. The Labute approximate surface area is 133 Å². The number of carbonyl (C=O) groups is 1. The lowest BCUT2D eigenvalue weighted by atomic mass is 9.79. The van der Waals surface area contributed by atoms with Gasteiger partial charge in [0.2, 0.25) is 5.91 Å². The summed E-state index contributed by atoms with van der Waals surface area (Å²) in [7, 11) is 1.48. The van der Waals surface area contributed by atoms with Crippen molar-refractivity contribution in [2.24, 2.45) is 11.1 Å². The maximum atomic E-state index is 12.5. The Morgan fingerprint density at radius 3 is 2.43 bits per heavy atom. The standard InChI is InChI=1S/C14H18Cl2N2O3/c1-20-12-10(15)6-9(7-11(12)16)18-13(19)14(8-17)2-4-21-5-3-14/h6-7H,2-5,8,17H2,1H3,(H,18,19). The number of nitrogens with two attached hydrogens (primary N) is 1. The van der Waals surface area contributed by atoms with E-state index < -0.39 is 5.41 Å². The van der Waals surface area contributed by atoms with Crippen LogP contribution in [0.25, 0.3) is 0 Å². The van der Waals surface area contributed by atoms with Gasteiger partial charge in [0, 0.05) is 25.4 Å². The van der Waals surface area contributed by atoms with Crippen molar-refractivity contribution in [2.45, 2.75) is 12.8 Å². The van der Waals surface area contributed by atoms with Crippen LogP contribution in [0.2, 0.25) is 10.0 Å². The Kier molecular flexibility index (Phi) is 5.32. The lowest BCUT2D eigenvalue weighted by Gasteiger charge is -2.34. The van der Waals surface area contributed by atoms with Crippen molar-refractivity contribution in [3.8, 4) is 5.75 Å². The highest BCUT2D eigenvalue weighted by molar-refractivity contribution is 6.37. The van der Waals surface area contributed by atoms with Crippen molar-refractivity contribution in [3.05, 3.63) is 22.2 Å². The van der Waals surface area contributed by atoms with Crippen molar-refractivity contribution in [1.82, 2.24) is 0 Å². The molecule has 0 spiro atoms. The summed E-state index contributed by atoms with van der Waals surface area (Å²) in [5.41, 5.74) is 5.73. The fourth-order valence-corrected chi connectivity index (χ4v) is 3.02. The van der Waals surface area contributed by atoms with Crippen LogP contribution in [0.3, 0.4) is 0 Å². The van der Waals surface area contributed by atoms with E-state index in [-0.39, 0.29) is 12.5 Å². The second kappa shape index (κ2) is 6.83. The molecule has 1 aliphatic heterocycles. The highest BCUT2D eigenvalue weighted by Gasteiger charge is 2.38. The summed E-state index contributed by atoms with van der Waals surface area (Å²) in [6, 6.07) is 3.21. The molecule has 5 nitrogen and oxygen atoms in total. The molecule has 21 heavy (non-hydrogen) atoms. The van der Waals surface area contributed by atoms with Gasteiger partial charge in [-0.3, -0.25) is 4.79 Å². The van der Waals surface area contributed by atoms with Gasteiger partial charge in [0.05, 0.1) is 22.6 Å². The van der Waals surface area contributed by atoms with Crippen molar-refractivity contribution >= 4 is 34.8 Å². The van der Waals surface area contributed by atoms with E-state index in [1.54, 1.807) is 12.1 Å². The molecule has 0 radical (unpaired) electrons. The zero-order valence-electron chi connectivity index (χ0n) is 11.7. The predicted octanol–water partition coefficient (Wildman–Crippen LogP) is 2.70. The number of nitrogens with one attached hydrogen (secondary N) is 1. The third kappa shape index (κ3) is 3.43. The number of amides is 1. The van der Waals surface area contributed by atoms with Crippen LogP contribution in [0, 0.1) is 5.41 Å². The van der Waals surface area contributed by atoms with Crippen LogP contribution in [0.15, 0.2) is 12.1 Å². The lowest BCUT2D eigenvalue weighted by molar-refractivity contribution is -0.130. The minimum Gasteiger partial charge on any atom is -0.494 e. The number of hydrogen-bond donors (Lipinski definition) is 2. The van der Waals surface area contributed by atoms with Gasteiger partial charge in [-0.2, -0.15) is 0 Å². The molecule has 0 atom stereocenters. The molecule has 1 aromatic rings. The van der Waals surface area contributed by atoms with Crippen LogP contribution < -0.4 is 15.8 Å². The SMILES string of the molecule is COc1c(Cl)cc(NC(=O)C2(CN)CCOCC2)cc1Cl. The largest absolute Gasteiger partial charge is 0.494 e. The molecular weight excluding hydrogens is 315 g/mol. The topological polar surface area (TPSA) is 73.6 Å². The molecule has 0 saturated carbocycles. The molecule has 1 amide bonds. The molecule has 1 heterocycles. The van der Waals surface area contributed by atoms with E-state index >= 15 is 0 Å². The molecule has 0 aliphatic carbocycles.